The lowest BCUT2D eigenvalue weighted by atomic mass is 10.2. The molecule has 0 bridgehead atoms. The third-order valence-corrected chi connectivity index (χ3v) is 3.58. The van der Waals surface area contributed by atoms with Crippen molar-refractivity contribution in [3.8, 4) is 0 Å². The molecule has 1 aliphatic heterocycles. The lowest BCUT2D eigenvalue weighted by Gasteiger charge is -2.10. The Morgan fingerprint density at radius 3 is 3.27 bits per heavy atom. The van der Waals surface area contributed by atoms with Gasteiger partial charge in [-0.2, -0.15) is 0 Å². The van der Waals surface area contributed by atoms with Crippen LogP contribution in [0.15, 0.2) is 5.51 Å². The first-order valence-electron chi connectivity index (χ1n) is 5.17. The molecule has 4 nitrogen and oxygen atoms in total. The number of carbonyl (C=O) groups excluding carboxylic acids is 1. The highest BCUT2D eigenvalue weighted by Crippen LogP contribution is 2.12. The summed E-state index contributed by atoms with van der Waals surface area (Å²) in [5, 5.41) is 6.11. The van der Waals surface area contributed by atoms with Gasteiger partial charge in [0, 0.05) is 4.88 Å². The molecule has 2 N–H and O–H groups in total. The molecule has 15 heavy (non-hydrogen) atoms. The van der Waals surface area contributed by atoms with Crippen molar-refractivity contribution in [2.45, 2.75) is 32.4 Å². The molecular formula is C10H15N3OS. The van der Waals surface area contributed by atoms with E-state index < -0.39 is 0 Å². The first kappa shape index (κ1) is 10.6. The summed E-state index contributed by atoms with van der Waals surface area (Å²) in [6.45, 7) is 3.52. The number of aromatic nitrogens is 1. The Kier molecular flexibility index (Phi) is 3.33. The number of nitrogens with one attached hydrogen (secondary N) is 2. The lowest BCUT2D eigenvalue weighted by Crippen LogP contribution is -2.39. The van der Waals surface area contributed by atoms with Gasteiger partial charge in [0.2, 0.25) is 5.91 Å². The van der Waals surface area contributed by atoms with Crippen LogP contribution >= 0.6 is 11.3 Å². The number of carbonyl (C=O) groups is 1. The predicted molar refractivity (Wildman–Crippen MR) is 59.7 cm³/mol. The van der Waals surface area contributed by atoms with Crippen molar-refractivity contribution in [2.75, 3.05) is 6.54 Å². The molecular weight excluding hydrogens is 210 g/mol. The minimum absolute atomic E-state index is 0.0122. The highest BCUT2D eigenvalue weighted by Gasteiger charge is 2.21. The van der Waals surface area contributed by atoms with Gasteiger partial charge in [-0.3, -0.25) is 4.79 Å². The summed E-state index contributed by atoms with van der Waals surface area (Å²) in [5.41, 5.74) is 2.82. The molecule has 0 aliphatic carbocycles. The van der Waals surface area contributed by atoms with E-state index >= 15 is 0 Å². The molecule has 0 spiro atoms. The van der Waals surface area contributed by atoms with Crippen LogP contribution in [0.5, 0.6) is 0 Å². The Balaban J connectivity index is 1.83. The molecule has 1 amide bonds. The van der Waals surface area contributed by atoms with E-state index in [0.717, 1.165) is 30.0 Å². The monoisotopic (exact) mass is 225 g/mol. The van der Waals surface area contributed by atoms with Crippen LogP contribution in [0.2, 0.25) is 0 Å². The molecule has 82 valence electrons. The molecule has 2 rings (SSSR count). The third kappa shape index (κ3) is 2.54. The Labute approximate surface area is 93.1 Å². The molecule has 0 unspecified atom stereocenters. The Morgan fingerprint density at radius 1 is 1.80 bits per heavy atom. The molecule has 5 heteroatoms. The van der Waals surface area contributed by atoms with Gasteiger partial charge >= 0.3 is 0 Å². The van der Waals surface area contributed by atoms with Crippen LogP contribution in [-0.4, -0.2) is 23.5 Å². The second kappa shape index (κ2) is 4.72. The van der Waals surface area contributed by atoms with Crippen molar-refractivity contribution in [3.63, 3.8) is 0 Å². The number of hydrogen-bond donors (Lipinski definition) is 2. The summed E-state index contributed by atoms with van der Waals surface area (Å²) < 4.78 is 0. The van der Waals surface area contributed by atoms with Gasteiger partial charge in [0.05, 0.1) is 23.8 Å². The molecule has 2 heterocycles. The molecule has 0 saturated carbocycles. The molecule has 1 aromatic rings. The second-order valence-electron chi connectivity index (χ2n) is 3.73. The fraction of sp³-hybridized carbons (Fsp3) is 0.600. The standard InChI is InChI=1S/C10H15N3OS/c1-7-9(15-6-13-7)5-12-10(14)8-3-2-4-11-8/h6,8,11H,2-5H2,1H3,(H,12,14)/t8-/m1/s1. The quantitative estimate of drug-likeness (QED) is 0.801. The van der Waals surface area contributed by atoms with Crippen molar-refractivity contribution in [2.24, 2.45) is 0 Å². The van der Waals surface area contributed by atoms with Gasteiger partial charge in [-0.25, -0.2) is 4.98 Å². The highest BCUT2D eigenvalue weighted by atomic mass is 32.1. The average Bonchev–Trinajstić information content (AvgIpc) is 2.85. The third-order valence-electron chi connectivity index (χ3n) is 2.64. The number of hydrogen-bond acceptors (Lipinski definition) is 4. The molecule has 1 fully saturated rings. The van der Waals surface area contributed by atoms with Crippen LogP contribution in [0.25, 0.3) is 0 Å². The summed E-state index contributed by atoms with van der Waals surface area (Å²) in [6.07, 6.45) is 2.05. The van der Waals surface area contributed by atoms with Gasteiger partial charge in [-0.15, -0.1) is 11.3 Å². The highest BCUT2D eigenvalue weighted by molar-refractivity contribution is 7.09. The molecule has 1 aromatic heterocycles. The van der Waals surface area contributed by atoms with Crippen LogP contribution in [-0.2, 0) is 11.3 Å². The van der Waals surface area contributed by atoms with Gasteiger partial charge in [0.1, 0.15) is 0 Å². The van der Waals surface area contributed by atoms with E-state index in [4.69, 9.17) is 0 Å². The molecule has 1 atom stereocenters. The van der Waals surface area contributed by atoms with Crippen molar-refractivity contribution in [1.82, 2.24) is 15.6 Å². The van der Waals surface area contributed by atoms with Gasteiger partial charge in [0.25, 0.3) is 0 Å². The van der Waals surface area contributed by atoms with E-state index in [1.165, 1.54) is 0 Å². The second-order valence-corrected chi connectivity index (χ2v) is 4.67. The average molecular weight is 225 g/mol. The van der Waals surface area contributed by atoms with Gasteiger partial charge in [-0.05, 0) is 26.3 Å². The van der Waals surface area contributed by atoms with Crippen molar-refractivity contribution >= 4 is 17.2 Å². The summed E-state index contributed by atoms with van der Waals surface area (Å²) in [6, 6.07) is 0.0122. The fourth-order valence-electron chi connectivity index (χ4n) is 1.69. The fourth-order valence-corrected chi connectivity index (χ4v) is 2.41. The zero-order valence-electron chi connectivity index (χ0n) is 8.75. The summed E-state index contributed by atoms with van der Waals surface area (Å²) in [5.74, 6) is 0.111. The SMILES string of the molecule is Cc1ncsc1CNC(=O)[C@H]1CCCN1. The summed E-state index contributed by atoms with van der Waals surface area (Å²) in [4.78, 5) is 16.9. The minimum atomic E-state index is 0.0122. The van der Waals surface area contributed by atoms with E-state index in [1.54, 1.807) is 11.3 Å². The van der Waals surface area contributed by atoms with E-state index in [1.807, 2.05) is 12.4 Å². The normalized spacial score (nSPS) is 20.5. The minimum Gasteiger partial charge on any atom is -0.350 e. The maximum absolute atomic E-state index is 11.7. The van der Waals surface area contributed by atoms with E-state index in [-0.39, 0.29) is 11.9 Å². The van der Waals surface area contributed by atoms with E-state index in [2.05, 4.69) is 15.6 Å². The summed E-state index contributed by atoms with van der Waals surface area (Å²) in [7, 11) is 0. The first-order valence-corrected chi connectivity index (χ1v) is 6.05. The maximum Gasteiger partial charge on any atom is 0.237 e. The van der Waals surface area contributed by atoms with Gasteiger partial charge in [0.15, 0.2) is 0 Å². The number of rotatable bonds is 3. The largest absolute Gasteiger partial charge is 0.350 e. The molecule has 0 aromatic carbocycles. The lowest BCUT2D eigenvalue weighted by molar-refractivity contribution is -0.122. The van der Waals surface area contributed by atoms with Gasteiger partial charge in [-0.1, -0.05) is 0 Å². The van der Waals surface area contributed by atoms with Crippen LogP contribution in [0, 0.1) is 6.92 Å². The van der Waals surface area contributed by atoms with E-state index in [9.17, 15) is 4.79 Å². The van der Waals surface area contributed by atoms with Crippen molar-refractivity contribution in [1.29, 1.82) is 0 Å². The number of aryl methyl sites for hydroxylation is 1. The van der Waals surface area contributed by atoms with Crippen molar-refractivity contribution < 1.29 is 4.79 Å². The topological polar surface area (TPSA) is 54.0 Å². The van der Waals surface area contributed by atoms with E-state index in [0.29, 0.717) is 6.54 Å². The smallest absolute Gasteiger partial charge is 0.237 e. The predicted octanol–water partition coefficient (Wildman–Crippen LogP) is 0.820. The Morgan fingerprint density at radius 2 is 2.67 bits per heavy atom. The van der Waals surface area contributed by atoms with Crippen LogP contribution in [0.1, 0.15) is 23.4 Å². The Hall–Kier alpha value is -0.940. The van der Waals surface area contributed by atoms with Crippen LogP contribution in [0.3, 0.4) is 0 Å². The zero-order chi connectivity index (χ0) is 10.7. The van der Waals surface area contributed by atoms with Crippen molar-refractivity contribution in [3.05, 3.63) is 16.1 Å². The zero-order valence-corrected chi connectivity index (χ0v) is 9.56. The first-order chi connectivity index (χ1) is 7.27. The van der Waals surface area contributed by atoms with Gasteiger partial charge < -0.3 is 10.6 Å². The number of amides is 1. The summed E-state index contributed by atoms with van der Waals surface area (Å²) >= 11 is 1.59. The Bertz CT molecular complexity index is 344. The molecule has 1 aliphatic rings. The maximum atomic E-state index is 11.7. The van der Waals surface area contributed by atoms with Crippen LogP contribution < -0.4 is 10.6 Å². The molecule has 1 saturated heterocycles. The molecule has 0 radical (unpaired) electrons. The van der Waals surface area contributed by atoms with Crippen LogP contribution in [0.4, 0.5) is 0 Å². The number of thiazole rings is 1. The number of nitrogens with zero attached hydrogens (tertiary/aromatic N) is 1.